The fourth-order valence-electron chi connectivity index (χ4n) is 2.77. The first-order chi connectivity index (χ1) is 7.38. The van der Waals surface area contributed by atoms with E-state index in [9.17, 15) is 0 Å². The number of rotatable bonds is 1. The van der Waals surface area contributed by atoms with Gasteiger partial charge in [-0.2, -0.15) is 0 Å². The van der Waals surface area contributed by atoms with E-state index in [0.29, 0.717) is 0 Å². The van der Waals surface area contributed by atoms with Crippen LogP contribution in [0.3, 0.4) is 0 Å². The van der Waals surface area contributed by atoms with Crippen molar-refractivity contribution in [2.45, 2.75) is 19.3 Å². The van der Waals surface area contributed by atoms with Crippen molar-refractivity contribution < 1.29 is 5.21 Å². The van der Waals surface area contributed by atoms with Crippen LogP contribution in [0.25, 0.3) is 0 Å². The highest BCUT2D eigenvalue weighted by Crippen LogP contribution is 2.36. The number of oxime groups is 1. The molecule has 2 aliphatic heterocycles. The Morgan fingerprint density at radius 3 is 2.80 bits per heavy atom. The molecule has 1 N–H and O–H groups in total. The third-order valence-corrected chi connectivity index (χ3v) is 3.34. The van der Waals surface area contributed by atoms with Crippen molar-refractivity contribution in [3.05, 3.63) is 28.8 Å². The molecule has 3 rings (SSSR count). The summed E-state index contributed by atoms with van der Waals surface area (Å²) in [7, 11) is 0. The Hall–Kier alpha value is -1.51. The number of hydrogen-bond donors (Lipinski definition) is 1. The Morgan fingerprint density at radius 2 is 2.00 bits per heavy atom. The van der Waals surface area contributed by atoms with Crippen LogP contribution in [0.1, 0.15) is 23.1 Å². The maximum Gasteiger partial charge on any atom is 0.0734 e. The summed E-state index contributed by atoms with van der Waals surface area (Å²) >= 11 is 0. The van der Waals surface area contributed by atoms with Crippen LogP contribution in [0.2, 0.25) is 0 Å². The van der Waals surface area contributed by atoms with Crippen molar-refractivity contribution in [2.75, 3.05) is 18.0 Å². The van der Waals surface area contributed by atoms with Crippen LogP contribution in [0, 0.1) is 0 Å². The second-order valence-corrected chi connectivity index (χ2v) is 4.27. The summed E-state index contributed by atoms with van der Waals surface area (Å²) in [5, 5.41) is 11.7. The lowest BCUT2D eigenvalue weighted by molar-refractivity contribution is 0.322. The molecule has 0 aliphatic carbocycles. The van der Waals surface area contributed by atoms with Crippen LogP contribution < -0.4 is 4.90 Å². The summed E-state index contributed by atoms with van der Waals surface area (Å²) in [4.78, 5) is 2.48. The Labute approximate surface area is 89.0 Å². The third kappa shape index (κ3) is 1.30. The number of hydrogen-bond acceptors (Lipinski definition) is 3. The summed E-state index contributed by atoms with van der Waals surface area (Å²) in [6.45, 7) is 2.36. The van der Waals surface area contributed by atoms with Crippen LogP contribution in [0.5, 0.6) is 0 Å². The van der Waals surface area contributed by atoms with E-state index in [2.05, 4.69) is 22.2 Å². The highest BCUT2D eigenvalue weighted by atomic mass is 16.4. The molecule has 2 heterocycles. The first kappa shape index (κ1) is 8.77. The lowest BCUT2D eigenvalue weighted by Gasteiger charge is -2.27. The van der Waals surface area contributed by atoms with Crippen molar-refractivity contribution >= 4 is 11.9 Å². The Balaban J connectivity index is 2.14. The lowest BCUT2D eigenvalue weighted by atomic mass is 9.97. The number of benzene rings is 1. The monoisotopic (exact) mass is 202 g/mol. The number of nitrogens with zero attached hydrogens (tertiary/aromatic N) is 2. The Morgan fingerprint density at radius 1 is 1.20 bits per heavy atom. The summed E-state index contributed by atoms with van der Waals surface area (Å²) in [6.07, 6.45) is 5.06. The third-order valence-electron chi connectivity index (χ3n) is 3.34. The van der Waals surface area contributed by atoms with E-state index in [1.165, 1.54) is 36.0 Å². The van der Waals surface area contributed by atoms with Crippen LogP contribution in [-0.2, 0) is 12.8 Å². The van der Waals surface area contributed by atoms with Crippen molar-refractivity contribution in [1.29, 1.82) is 0 Å². The van der Waals surface area contributed by atoms with Crippen LogP contribution in [0.4, 0.5) is 5.69 Å². The molecule has 0 atom stereocenters. The molecule has 3 nitrogen and oxygen atoms in total. The van der Waals surface area contributed by atoms with Gasteiger partial charge in [0.05, 0.1) is 6.21 Å². The zero-order valence-electron chi connectivity index (χ0n) is 8.61. The minimum Gasteiger partial charge on any atom is -0.411 e. The molecule has 0 saturated carbocycles. The van der Waals surface area contributed by atoms with Gasteiger partial charge in [-0.15, -0.1) is 0 Å². The standard InChI is InChI=1S/C12H14N2O/c15-13-8-9-6-10-2-1-4-14-5-3-11(7-9)12(10)14/h6-8,15H,1-5H2/b13-8+. The average Bonchev–Trinajstić information content (AvgIpc) is 2.64. The van der Waals surface area contributed by atoms with Gasteiger partial charge >= 0.3 is 0 Å². The molecule has 0 aromatic heterocycles. The van der Waals surface area contributed by atoms with Gasteiger partial charge in [0.15, 0.2) is 0 Å². The zero-order valence-corrected chi connectivity index (χ0v) is 8.61. The predicted octanol–water partition coefficient (Wildman–Crippen LogP) is 1.80. The maximum atomic E-state index is 8.56. The van der Waals surface area contributed by atoms with Crippen molar-refractivity contribution in [1.82, 2.24) is 0 Å². The van der Waals surface area contributed by atoms with Crippen molar-refractivity contribution in [3.63, 3.8) is 0 Å². The van der Waals surface area contributed by atoms with Gasteiger partial charge in [0.25, 0.3) is 0 Å². The minimum absolute atomic E-state index is 1.02. The highest BCUT2D eigenvalue weighted by Gasteiger charge is 2.25. The SMILES string of the molecule is O/N=C/c1cc2c3c(c1)CCN3CCC2. The van der Waals surface area contributed by atoms with Crippen LogP contribution in [-0.4, -0.2) is 24.5 Å². The topological polar surface area (TPSA) is 35.8 Å². The second kappa shape index (κ2) is 3.26. The summed E-state index contributed by atoms with van der Waals surface area (Å²) < 4.78 is 0. The molecule has 78 valence electrons. The zero-order chi connectivity index (χ0) is 10.3. The molecular weight excluding hydrogens is 188 g/mol. The molecule has 3 heteroatoms. The van der Waals surface area contributed by atoms with Crippen LogP contribution in [0.15, 0.2) is 17.3 Å². The van der Waals surface area contributed by atoms with Gasteiger partial charge in [0.1, 0.15) is 0 Å². The Bertz CT molecular complexity index is 426. The lowest BCUT2D eigenvalue weighted by Crippen LogP contribution is -2.26. The first-order valence-corrected chi connectivity index (χ1v) is 5.46. The van der Waals surface area contributed by atoms with Crippen LogP contribution >= 0.6 is 0 Å². The van der Waals surface area contributed by atoms with E-state index in [4.69, 9.17) is 5.21 Å². The molecule has 15 heavy (non-hydrogen) atoms. The predicted molar refractivity (Wildman–Crippen MR) is 60.1 cm³/mol. The fourth-order valence-corrected chi connectivity index (χ4v) is 2.77. The Kier molecular flexibility index (Phi) is 1.91. The summed E-state index contributed by atoms with van der Waals surface area (Å²) in [5.74, 6) is 0. The molecule has 0 radical (unpaired) electrons. The van der Waals surface area contributed by atoms with E-state index in [0.717, 1.165) is 24.9 Å². The van der Waals surface area contributed by atoms with Gasteiger partial charge in [-0.05, 0) is 48.1 Å². The van der Waals surface area contributed by atoms with E-state index in [-0.39, 0.29) is 0 Å². The van der Waals surface area contributed by atoms with E-state index in [1.807, 2.05) is 0 Å². The quantitative estimate of drug-likeness (QED) is 0.428. The molecular formula is C12H14N2O. The van der Waals surface area contributed by atoms with Crippen molar-refractivity contribution in [3.8, 4) is 0 Å². The minimum atomic E-state index is 1.02. The largest absolute Gasteiger partial charge is 0.411 e. The molecule has 1 aromatic rings. The molecule has 0 amide bonds. The summed E-state index contributed by atoms with van der Waals surface area (Å²) in [6, 6.07) is 4.29. The first-order valence-electron chi connectivity index (χ1n) is 5.46. The molecule has 0 fully saturated rings. The summed E-state index contributed by atoms with van der Waals surface area (Å²) in [5.41, 5.74) is 5.32. The fraction of sp³-hybridized carbons (Fsp3) is 0.417. The van der Waals surface area contributed by atoms with Gasteiger partial charge in [0.2, 0.25) is 0 Å². The average molecular weight is 202 g/mol. The number of anilines is 1. The molecule has 0 spiro atoms. The molecule has 2 aliphatic rings. The van der Waals surface area contributed by atoms with Crippen molar-refractivity contribution in [2.24, 2.45) is 5.16 Å². The van der Waals surface area contributed by atoms with Gasteiger partial charge < -0.3 is 10.1 Å². The van der Waals surface area contributed by atoms with Gasteiger partial charge in [-0.3, -0.25) is 0 Å². The normalized spacial score (nSPS) is 18.5. The van der Waals surface area contributed by atoms with E-state index in [1.54, 1.807) is 0 Å². The second-order valence-electron chi connectivity index (χ2n) is 4.27. The van der Waals surface area contributed by atoms with Gasteiger partial charge in [-0.1, -0.05) is 5.16 Å². The van der Waals surface area contributed by atoms with E-state index >= 15 is 0 Å². The van der Waals surface area contributed by atoms with E-state index < -0.39 is 0 Å². The smallest absolute Gasteiger partial charge is 0.0734 e. The van der Waals surface area contributed by atoms with Gasteiger partial charge in [-0.25, -0.2) is 0 Å². The molecule has 0 bridgehead atoms. The molecule has 0 saturated heterocycles. The number of aryl methyl sites for hydroxylation is 1. The highest BCUT2D eigenvalue weighted by molar-refractivity contribution is 5.82. The molecule has 1 aromatic carbocycles. The molecule has 0 unspecified atom stereocenters. The maximum absolute atomic E-state index is 8.56. The van der Waals surface area contributed by atoms with Gasteiger partial charge in [0, 0.05) is 18.8 Å².